The van der Waals surface area contributed by atoms with Gasteiger partial charge in [0.15, 0.2) is 0 Å². The van der Waals surface area contributed by atoms with Crippen LogP contribution >= 0.6 is 23.5 Å². The van der Waals surface area contributed by atoms with Crippen molar-refractivity contribution in [3.05, 3.63) is 29.3 Å². The number of carbonyl (C=O) groups excluding carboxylic acids is 1. The molecule has 1 aromatic rings. The molecule has 5 heteroatoms. The van der Waals surface area contributed by atoms with Crippen molar-refractivity contribution in [3.8, 4) is 0 Å². The Hall–Kier alpha value is -0.650. The number of hydrogen-bond acceptors (Lipinski definition) is 4. The van der Waals surface area contributed by atoms with Crippen LogP contribution in [0.25, 0.3) is 0 Å². The number of nitrogens with zero attached hydrogens (tertiary/aromatic N) is 2. The molecule has 0 saturated carbocycles. The standard InChI is InChI=1S/C19H28N2OS2/c1-15-5-6-17(14-16(15)2)24-13-10-20-7-3-4-18(20)19(22)21-8-11-23-12-9-21/h5-6,14,18H,3-4,7-13H2,1-2H3. The summed E-state index contributed by atoms with van der Waals surface area (Å²) in [5.74, 6) is 3.63. The van der Waals surface area contributed by atoms with Gasteiger partial charge in [-0.05, 0) is 56.5 Å². The molecular formula is C19H28N2OS2. The molecule has 0 bridgehead atoms. The van der Waals surface area contributed by atoms with Gasteiger partial charge in [-0.15, -0.1) is 11.8 Å². The number of carbonyl (C=O) groups is 1. The van der Waals surface area contributed by atoms with Crippen LogP contribution in [0.1, 0.15) is 24.0 Å². The van der Waals surface area contributed by atoms with Crippen molar-refractivity contribution in [2.24, 2.45) is 0 Å². The molecule has 2 aliphatic heterocycles. The van der Waals surface area contributed by atoms with E-state index < -0.39 is 0 Å². The van der Waals surface area contributed by atoms with Gasteiger partial charge in [-0.1, -0.05) is 6.07 Å². The van der Waals surface area contributed by atoms with Gasteiger partial charge in [-0.25, -0.2) is 0 Å². The van der Waals surface area contributed by atoms with Crippen molar-refractivity contribution in [1.82, 2.24) is 9.80 Å². The van der Waals surface area contributed by atoms with E-state index in [0.717, 1.165) is 56.3 Å². The monoisotopic (exact) mass is 364 g/mol. The van der Waals surface area contributed by atoms with E-state index in [1.54, 1.807) is 0 Å². The van der Waals surface area contributed by atoms with E-state index in [-0.39, 0.29) is 6.04 Å². The molecule has 1 amide bonds. The summed E-state index contributed by atoms with van der Waals surface area (Å²) in [6.07, 6.45) is 2.20. The molecular weight excluding hydrogens is 336 g/mol. The zero-order valence-corrected chi connectivity index (χ0v) is 16.4. The number of rotatable bonds is 5. The summed E-state index contributed by atoms with van der Waals surface area (Å²) in [6.45, 7) is 8.29. The number of benzene rings is 1. The van der Waals surface area contributed by atoms with Gasteiger partial charge in [0, 0.05) is 41.8 Å². The van der Waals surface area contributed by atoms with Crippen molar-refractivity contribution in [3.63, 3.8) is 0 Å². The van der Waals surface area contributed by atoms with Crippen molar-refractivity contribution < 1.29 is 4.79 Å². The topological polar surface area (TPSA) is 23.6 Å². The molecule has 1 unspecified atom stereocenters. The first-order chi connectivity index (χ1) is 11.6. The van der Waals surface area contributed by atoms with Crippen LogP contribution in [0.3, 0.4) is 0 Å². The fourth-order valence-corrected chi connectivity index (χ4v) is 5.34. The van der Waals surface area contributed by atoms with Gasteiger partial charge >= 0.3 is 0 Å². The van der Waals surface area contributed by atoms with Gasteiger partial charge in [-0.3, -0.25) is 9.69 Å². The smallest absolute Gasteiger partial charge is 0.239 e. The third-order valence-electron chi connectivity index (χ3n) is 5.10. The predicted molar refractivity (Wildman–Crippen MR) is 105 cm³/mol. The van der Waals surface area contributed by atoms with E-state index in [1.807, 2.05) is 23.5 Å². The van der Waals surface area contributed by atoms with Gasteiger partial charge < -0.3 is 4.90 Å². The van der Waals surface area contributed by atoms with Crippen LogP contribution in [0.4, 0.5) is 0 Å². The van der Waals surface area contributed by atoms with Crippen molar-refractivity contribution in [2.75, 3.05) is 43.4 Å². The van der Waals surface area contributed by atoms with Crippen LogP contribution in [0.5, 0.6) is 0 Å². The Kier molecular flexibility index (Phi) is 6.53. The summed E-state index contributed by atoms with van der Waals surface area (Å²) in [5.41, 5.74) is 2.71. The van der Waals surface area contributed by atoms with Gasteiger partial charge in [0.2, 0.25) is 5.91 Å². The van der Waals surface area contributed by atoms with Crippen LogP contribution in [-0.2, 0) is 4.79 Å². The van der Waals surface area contributed by atoms with Gasteiger partial charge in [0.05, 0.1) is 6.04 Å². The zero-order chi connectivity index (χ0) is 16.9. The van der Waals surface area contributed by atoms with Crippen LogP contribution in [0, 0.1) is 13.8 Å². The molecule has 2 fully saturated rings. The second-order valence-electron chi connectivity index (χ2n) is 6.73. The molecule has 1 aromatic carbocycles. The van der Waals surface area contributed by atoms with Crippen LogP contribution in [-0.4, -0.2) is 65.2 Å². The zero-order valence-electron chi connectivity index (χ0n) is 14.8. The first-order valence-electron chi connectivity index (χ1n) is 8.96. The highest BCUT2D eigenvalue weighted by atomic mass is 32.2. The largest absolute Gasteiger partial charge is 0.340 e. The molecule has 1 atom stereocenters. The summed E-state index contributed by atoms with van der Waals surface area (Å²) in [5, 5.41) is 0. The minimum absolute atomic E-state index is 0.133. The SMILES string of the molecule is Cc1ccc(SCCN2CCCC2C(=O)N2CCSCC2)cc1C. The Morgan fingerprint density at radius 1 is 1.21 bits per heavy atom. The van der Waals surface area contributed by atoms with Crippen molar-refractivity contribution in [2.45, 2.75) is 37.6 Å². The van der Waals surface area contributed by atoms with Gasteiger partial charge in [0.1, 0.15) is 0 Å². The number of thioether (sulfide) groups is 2. The van der Waals surface area contributed by atoms with E-state index in [2.05, 4.69) is 41.8 Å². The number of hydrogen-bond donors (Lipinski definition) is 0. The predicted octanol–water partition coefficient (Wildman–Crippen LogP) is 3.44. The maximum Gasteiger partial charge on any atom is 0.239 e. The molecule has 3 rings (SSSR count). The van der Waals surface area contributed by atoms with E-state index >= 15 is 0 Å². The summed E-state index contributed by atoms with van der Waals surface area (Å²) >= 11 is 3.87. The molecule has 0 N–H and O–H groups in total. The Balaban J connectivity index is 1.50. The van der Waals surface area contributed by atoms with Gasteiger partial charge in [-0.2, -0.15) is 11.8 Å². The number of amides is 1. The molecule has 132 valence electrons. The molecule has 2 saturated heterocycles. The fourth-order valence-electron chi connectivity index (χ4n) is 3.45. The molecule has 24 heavy (non-hydrogen) atoms. The maximum absolute atomic E-state index is 12.8. The molecule has 0 aromatic heterocycles. The van der Waals surface area contributed by atoms with E-state index in [1.165, 1.54) is 16.0 Å². The molecule has 0 aliphatic carbocycles. The molecule has 0 radical (unpaired) electrons. The Morgan fingerprint density at radius 3 is 2.75 bits per heavy atom. The Bertz CT molecular complexity index is 572. The highest BCUT2D eigenvalue weighted by Gasteiger charge is 2.33. The van der Waals surface area contributed by atoms with Crippen molar-refractivity contribution in [1.29, 1.82) is 0 Å². The maximum atomic E-state index is 12.8. The first kappa shape index (κ1) is 18.2. The number of likely N-dealkylation sites (tertiary alicyclic amines) is 1. The third-order valence-corrected chi connectivity index (χ3v) is 7.01. The van der Waals surface area contributed by atoms with Crippen LogP contribution in [0.15, 0.2) is 23.1 Å². The lowest BCUT2D eigenvalue weighted by molar-refractivity contribution is -0.135. The minimum atomic E-state index is 0.133. The first-order valence-corrected chi connectivity index (χ1v) is 11.1. The fraction of sp³-hybridized carbons (Fsp3) is 0.632. The lowest BCUT2D eigenvalue weighted by Gasteiger charge is -2.32. The second-order valence-corrected chi connectivity index (χ2v) is 9.12. The van der Waals surface area contributed by atoms with Crippen molar-refractivity contribution >= 4 is 29.4 Å². The summed E-state index contributed by atoms with van der Waals surface area (Å²) in [4.78, 5) is 18.6. The average molecular weight is 365 g/mol. The van der Waals surface area contributed by atoms with Gasteiger partial charge in [0.25, 0.3) is 0 Å². The lowest BCUT2D eigenvalue weighted by Crippen LogP contribution is -2.48. The molecule has 3 nitrogen and oxygen atoms in total. The Labute approximate surface area is 154 Å². The Morgan fingerprint density at radius 2 is 2.00 bits per heavy atom. The highest BCUT2D eigenvalue weighted by Crippen LogP contribution is 2.24. The van der Waals surface area contributed by atoms with E-state index in [4.69, 9.17) is 0 Å². The minimum Gasteiger partial charge on any atom is -0.340 e. The van der Waals surface area contributed by atoms with Crippen LogP contribution in [0.2, 0.25) is 0 Å². The summed E-state index contributed by atoms with van der Waals surface area (Å²) < 4.78 is 0. The molecule has 2 aliphatic rings. The molecule has 2 heterocycles. The molecule has 0 spiro atoms. The highest BCUT2D eigenvalue weighted by molar-refractivity contribution is 7.99. The lowest BCUT2D eigenvalue weighted by atomic mass is 10.1. The van der Waals surface area contributed by atoms with Crippen LogP contribution < -0.4 is 0 Å². The second kappa shape index (κ2) is 8.63. The summed E-state index contributed by atoms with van der Waals surface area (Å²) in [7, 11) is 0. The normalized spacial score (nSPS) is 22.1. The number of aryl methyl sites for hydroxylation is 2. The average Bonchev–Trinajstić information content (AvgIpc) is 3.06. The third kappa shape index (κ3) is 4.50. The van der Waals surface area contributed by atoms with E-state index in [9.17, 15) is 4.79 Å². The van der Waals surface area contributed by atoms with E-state index in [0.29, 0.717) is 5.91 Å². The quantitative estimate of drug-likeness (QED) is 0.747. The summed E-state index contributed by atoms with van der Waals surface area (Å²) in [6, 6.07) is 6.82.